The van der Waals surface area contributed by atoms with E-state index in [0.717, 1.165) is 31.2 Å². The Morgan fingerprint density at radius 3 is 2.44 bits per heavy atom. The van der Waals surface area contributed by atoms with Gasteiger partial charge in [0, 0.05) is 33.9 Å². The summed E-state index contributed by atoms with van der Waals surface area (Å²) in [5.74, 6) is -0.733. The molecule has 1 fully saturated rings. The number of aliphatic carboxylic acids is 1. The molecule has 0 spiro atoms. The molecule has 1 saturated carbocycles. The minimum absolute atomic E-state index is 0.0481. The Morgan fingerprint density at radius 2 is 1.85 bits per heavy atom. The highest BCUT2D eigenvalue weighted by Crippen LogP contribution is 2.31. The van der Waals surface area contributed by atoms with Crippen molar-refractivity contribution in [2.24, 2.45) is 5.41 Å². The number of carbonyl (C=O) groups is 2. The van der Waals surface area contributed by atoms with E-state index in [1.54, 1.807) is 19.9 Å². The second-order valence-corrected chi connectivity index (χ2v) is 9.22. The van der Waals surface area contributed by atoms with Gasteiger partial charge >= 0.3 is 5.97 Å². The minimum Gasteiger partial charge on any atom is -0.481 e. The van der Waals surface area contributed by atoms with Gasteiger partial charge in [0.1, 0.15) is 0 Å². The number of carboxylic acids is 1. The van der Waals surface area contributed by atoms with Crippen LogP contribution >= 0.6 is 0 Å². The van der Waals surface area contributed by atoms with Crippen LogP contribution in [-0.4, -0.2) is 26.4 Å². The maximum atomic E-state index is 12.6. The van der Waals surface area contributed by atoms with Gasteiger partial charge in [0.15, 0.2) is 0 Å². The number of amides is 1. The standard InChI is InChI=1S/C21H31NO4S/c1-3-21(4-2,20(24)25)14-19(23)22-17-10-8-9-16(13-17)15-27(26)18-11-6-5-7-12-18/h8-10,13,18H,3-7,11-12,14-15H2,1-2H3,(H,22,23)(H,24,25). The van der Waals surface area contributed by atoms with Crippen molar-refractivity contribution in [2.45, 2.75) is 76.2 Å². The molecule has 1 atom stereocenters. The third kappa shape index (κ3) is 5.89. The van der Waals surface area contributed by atoms with Crippen molar-refractivity contribution in [3.63, 3.8) is 0 Å². The summed E-state index contributed by atoms with van der Waals surface area (Å²) in [4.78, 5) is 24.0. The highest BCUT2D eigenvalue weighted by atomic mass is 32.2. The molecule has 6 heteroatoms. The summed E-state index contributed by atoms with van der Waals surface area (Å²) < 4.78 is 12.6. The second-order valence-electron chi connectivity index (χ2n) is 7.50. The molecule has 5 nitrogen and oxygen atoms in total. The molecule has 1 aliphatic rings. The molecule has 150 valence electrons. The Bertz CT molecular complexity index is 679. The first-order valence-electron chi connectivity index (χ1n) is 9.89. The van der Waals surface area contributed by atoms with Gasteiger partial charge in [-0.3, -0.25) is 13.8 Å². The van der Waals surface area contributed by atoms with Gasteiger partial charge in [-0.15, -0.1) is 0 Å². The topological polar surface area (TPSA) is 83.5 Å². The Hall–Kier alpha value is -1.69. The fraction of sp³-hybridized carbons (Fsp3) is 0.619. The number of anilines is 1. The lowest BCUT2D eigenvalue weighted by Crippen LogP contribution is -2.34. The number of carbonyl (C=O) groups excluding carboxylic acids is 1. The summed E-state index contributed by atoms with van der Waals surface area (Å²) in [5, 5.41) is 12.6. The van der Waals surface area contributed by atoms with Crippen LogP contribution in [0.2, 0.25) is 0 Å². The van der Waals surface area contributed by atoms with Crippen molar-refractivity contribution >= 4 is 28.4 Å². The minimum atomic E-state index is -1.02. The van der Waals surface area contributed by atoms with Crippen LogP contribution < -0.4 is 5.32 Å². The van der Waals surface area contributed by atoms with E-state index < -0.39 is 22.2 Å². The lowest BCUT2D eigenvalue weighted by Gasteiger charge is -2.25. The van der Waals surface area contributed by atoms with Gasteiger partial charge < -0.3 is 10.4 Å². The molecule has 0 aromatic heterocycles. The van der Waals surface area contributed by atoms with E-state index in [-0.39, 0.29) is 17.6 Å². The van der Waals surface area contributed by atoms with Crippen LogP contribution in [0.25, 0.3) is 0 Å². The molecule has 1 amide bonds. The van der Waals surface area contributed by atoms with E-state index in [1.807, 2.05) is 18.2 Å². The molecule has 1 aliphatic carbocycles. The van der Waals surface area contributed by atoms with Crippen LogP contribution in [0, 0.1) is 5.41 Å². The molecule has 0 radical (unpaired) electrons. The molecule has 1 aromatic rings. The smallest absolute Gasteiger partial charge is 0.310 e. The zero-order chi connectivity index (χ0) is 19.9. The second kappa shape index (κ2) is 10.0. The van der Waals surface area contributed by atoms with Crippen LogP contribution in [-0.2, 0) is 26.1 Å². The maximum absolute atomic E-state index is 12.6. The fourth-order valence-electron chi connectivity index (χ4n) is 3.74. The van der Waals surface area contributed by atoms with Crippen LogP contribution in [0.3, 0.4) is 0 Å². The normalized spacial score (nSPS) is 16.7. The molecule has 0 aliphatic heterocycles. The Labute approximate surface area is 164 Å². The SMILES string of the molecule is CCC(CC)(CC(=O)Nc1cccc(CS(=O)C2CCCCC2)c1)C(=O)O. The number of nitrogens with one attached hydrogen (secondary N) is 1. The van der Waals surface area contributed by atoms with Gasteiger partial charge in [-0.1, -0.05) is 45.2 Å². The molecule has 27 heavy (non-hydrogen) atoms. The first kappa shape index (κ1) is 21.6. The van der Waals surface area contributed by atoms with Crippen molar-refractivity contribution in [1.82, 2.24) is 0 Å². The Balaban J connectivity index is 1.99. The Kier molecular flexibility index (Phi) is 8.02. The fourth-order valence-corrected chi connectivity index (χ4v) is 5.34. The van der Waals surface area contributed by atoms with Gasteiger partial charge in [-0.25, -0.2) is 0 Å². The lowest BCUT2D eigenvalue weighted by atomic mass is 9.79. The molecule has 2 N–H and O–H groups in total. The first-order chi connectivity index (χ1) is 12.9. The zero-order valence-corrected chi connectivity index (χ0v) is 17.1. The van der Waals surface area contributed by atoms with Gasteiger partial charge in [-0.2, -0.15) is 0 Å². The van der Waals surface area contributed by atoms with E-state index in [9.17, 15) is 18.9 Å². The van der Waals surface area contributed by atoms with E-state index >= 15 is 0 Å². The predicted octanol–water partition coefficient (Wildman–Crippen LogP) is 4.49. The Morgan fingerprint density at radius 1 is 1.19 bits per heavy atom. The summed E-state index contributed by atoms with van der Waals surface area (Å²) >= 11 is 0. The quantitative estimate of drug-likeness (QED) is 0.647. The molecular weight excluding hydrogens is 362 g/mol. The van der Waals surface area contributed by atoms with E-state index in [4.69, 9.17) is 0 Å². The third-order valence-corrected chi connectivity index (χ3v) is 7.58. The van der Waals surface area contributed by atoms with Crippen molar-refractivity contribution in [2.75, 3.05) is 5.32 Å². The third-order valence-electron chi connectivity index (χ3n) is 5.75. The van der Waals surface area contributed by atoms with Crippen LogP contribution in [0.5, 0.6) is 0 Å². The van der Waals surface area contributed by atoms with Gasteiger partial charge in [0.2, 0.25) is 5.91 Å². The molecule has 0 heterocycles. The van der Waals surface area contributed by atoms with Crippen LogP contribution in [0.15, 0.2) is 24.3 Å². The predicted molar refractivity (Wildman–Crippen MR) is 109 cm³/mol. The summed E-state index contributed by atoms with van der Waals surface area (Å²) in [7, 11) is -0.894. The van der Waals surface area contributed by atoms with Gasteiger partial charge in [-0.05, 0) is 43.4 Å². The summed E-state index contributed by atoms with van der Waals surface area (Å²) in [6, 6.07) is 7.40. The lowest BCUT2D eigenvalue weighted by molar-refractivity contribution is -0.151. The number of rotatable bonds is 9. The van der Waals surface area contributed by atoms with Crippen LogP contribution in [0.1, 0.15) is 70.8 Å². The van der Waals surface area contributed by atoms with Gasteiger partial charge in [0.25, 0.3) is 0 Å². The largest absolute Gasteiger partial charge is 0.481 e. The summed E-state index contributed by atoms with van der Waals surface area (Å²) in [6.07, 6.45) is 6.40. The number of benzene rings is 1. The number of carboxylic acid groups (broad SMARTS) is 1. The summed E-state index contributed by atoms with van der Waals surface area (Å²) in [6.45, 7) is 3.60. The molecular formula is C21H31NO4S. The van der Waals surface area contributed by atoms with E-state index in [0.29, 0.717) is 24.3 Å². The van der Waals surface area contributed by atoms with Crippen molar-refractivity contribution in [1.29, 1.82) is 0 Å². The van der Waals surface area contributed by atoms with Crippen molar-refractivity contribution in [3.8, 4) is 0 Å². The maximum Gasteiger partial charge on any atom is 0.310 e. The average molecular weight is 394 g/mol. The molecule has 0 bridgehead atoms. The van der Waals surface area contributed by atoms with Crippen LogP contribution in [0.4, 0.5) is 5.69 Å². The van der Waals surface area contributed by atoms with Gasteiger partial charge in [0.05, 0.1) is 5.41 Å². The zero-order valence-electron chi connectivity index (χ0n) is 16.3. The highest BCUT2D eigenvalue weighted by molar-refractivity contribution is 7.84. The molecule has 2 rings (SSSR count). The van der Waals surface area contributed by atoms with E-state index in [2.05, 4.69) is 5.32 Å². The summed E-state index contributed by atoms with van der Waals surface area (Å²) in [5.41, 5.74) is 0.543. The number of hydrogen-bond acceptors (Lipinski definition) is 3. The first-order valence-corrected chi connectivity index (χ1v) is 11.3. The number of hydrogen-bond donors (Lipinski definition) is 2. The monoisotopic (exact) mass is 393 g/mol. The van der Waals surface area contributed by atoms with Crippen molar-refractivity contribution < 1.29 is 18.9 Å². The van der Waals surface area contributed by atoms with Crippen molar-refractivity contribution in [3.05, 3.63) is 29.8 Å². The molecule has 1 unspecified atom stereocenters. The van der Waals surface area contributed by atoms with E-state index in [1.165, 1.54) is 6.42 Å². The highest BCUT2D eigenvalue weighted by Gasteiger charge is 2.37. The molecule has 1 aromatic carbocycles. The molecule has 0 saturated heterocycles. The average Bonchev–Trinajstić information content (AvgIpc) is 2.67.